The van der Waals surface area contributed by atoms with Gasteiger partial charge in [0.25, 0.3) is 0 Å². The second kappa shape index (κ2) is 5.93. The first-order valence-electron chi connectivity index (χ1n) is 6.28. The minimum atomic E-state index is -3.80. The van der Waals surface area contributed by atoms with E-state index in [4.69, 9.17) is 0 Å². The molecule has 0 unspecified atom stereocenters. The van der Waals surface area contributed by atoms with Crippen LogP contribution in [0.4, 0.5) is 0 Å². The molecule has 0 saturated carbocycles. The minimum absolute atomic E-state index is 0.0370. The van der Waals surface area contributed by atoms with Crippen molar-refractivity contribution in [1.82, 2.24) is 4.57 Å². The van der Waals surface area contributed by atoms with Gasteiger partial charge >= 0.3 is 10.8 Å². The monoisotopic (exact) mass is 455 g/mol. The quantitative estimate of drug-likeness (QED) is 0.696. The van der Waals surface area contributed by atoms with Crippen LogP contribution in [0.25, 0.3) is 10.2 Å². The molecule has 1 heterocycles. The fourth-order valence-corrected chi connectivity index (χ4v) is 4.47. The lowest BCUT2D eigenvalue weighted by Crippen LogP contribution is -2.44. The molecule has 0 bridgehead atoms. The third kappa shape index (κ3) is 3.06. The number of fused-ring (bicyclic) bond motifs is 1. The summed E-state index contributed by atoms with van der Waals surface area (Å²) in [6.07, 6.45) is 0.733. The van der Waals surface area contributed by atoms with Gasteiger partial charge in [-0.05, 0) is 54.1 Å². The second-order valence-electron chi connectivity index (χ2n) is 5.19. The molecule has 120 valence electrons. The Labute approximate surface area is 144 Å². The van der Waals surface area contributed by atoms with Gasteiger partial charge in [0.1, 0.15) is 0 Å². The van der Waals surface area contributed by atoms with E-state index in [0.717, 1.165) is 25.9 Å². The lowest BCUT2D eigenvalue weighted by molar-refractivity contribution is -0.139. The van der Waals surface area contributed by atoms with Crippen LogP contribution in [0.5, 0.6) is 0 Å². The third-order valence-electron chi connectivity index (χ3n) is 3.71. The van der Waals surface area contributed by atoms with Gasteiger partial charge < -0.3 is 5.11 Å². The molecule has 0 spiro atoms. The van der Waals surface area contributed by atoms with Crippen LogP contribution in [-0.4, -0.2) is 35.1 Å². The van der Waals surface area contributed by atoms with E-state index in [1.807, 2.05) is 12.1 Å². The summed E-state index contributed by atoms with van der Waals surface area (Å²) in [5, 5.41) is 9.25. The molecule has 0 amide bonds. The smallest absolute Gasteiger partial charge is 0.324 e. The molecule has 2 rings (SSSR count). The first-order chi connectivity index (χ1) is 10.1. The Kier molecular flexibility index (Phi) is 4.69. The molecule has 0 aliphatic carbocycles. The third-order valence-corrected chi connectivity index (χ3v) is 7.34. The fourth-order valence-electron chi connectivity index (χ4n) is 2.03. The maximum absolute atomic E-state index is 12.1. The SMILES string of the molecule is C[C@@](CCn1c(=O)sc2cc(I)ccc21)(C(=O)O)S(C)(=O)=O. The molecular weight excluding hydrogens is 441 g/mol. The van der Waals surface area contributed by atoms with Gasteiger partial charge in [-0.2, -0.15) is 0 Å². The molecule has 1 aromatic heterocycles. The fraction of sp³-hybridized carbons (Fsp3) is 0.385. The van der Waals surface area contributed by atoms with Crippen LogP contribution >= 0.6 is 33.9 Å². The standard InChI is InChI=1S/C13H14INO5S2/c1-13(11(16)17,22(2,19)20)5-6-15-9-4-3-8(14)7-10(9)21-12(15)18/h3-4,7H,5-6H2,1-2H3,(H,16,17)/t13-/m1/s1. The molecular formula is C13H14INO5S2. The van der Waals surface area contributed by atoms with Crippen LogP contribution in [-0.2, 0) is 21.2 Å². The van der Waals surface area contributed by atoms with Crippen LogP contribution in [0.1, 0.15) is 13.3 Å². The summed E-state index contributed by atoms with van der Waals surface area (Å²) in [5.41, 5.74) is 0.691. The van der Waals surface area contributed by atoms with E-state index in [-0.39, 0.29) is 17.8 Å². The number of hydrogen-bond donors (Lipinski definition) is 1. The number of thiazole rings is 1. The summed E-state index contributed by atoms with van der Waals surface area (Å²) >= 11 is 3.21. The van der Waals surface area contributed by atoms with E-state index >= 15 is 0 Å². The molecule has 0 fully saturated rings. The van der Waals surface area contributed by atoms with Gasteiger partial charge in [0.2, 0.25) is 0 Å². The van der Waals surface area contributed by atoms with Crippen LogP contribution in [0, 0.1) is 3.57 Å². The number of nitrogens with zero attached hydrogens (tertiary/aromatic N) is 1. The van der Waals surface area contributed by atoms with Crippen LogP contribution in [0.15, 0.2) is 23.0 Å². The summed E-state index contributed by atoms with van der Waals surface area (Å²) < 4.78 is 24.9. The molecule has 1 N–H and O–H groups in total. The highest BCUT2D eigenvalue weighted by molar-refractivity contribution is 14.1. The molecule has 2 aromatic rings. The first-order valence-corrected chi connectivity index (χ1v) is 10.1. The summed E-state index contributed by atoms with van der Waals surface area (Å²) in [4.78, 5) is 23.2. The number of aliphatic carboxylic acids is 1. The molecule has 9 heteroatoms. The molecule has 1 atom stereocenters. The lowest BCUT2D eigenvalue weighted by Gasteiger charge is -2.22. The van der Waals surface area contributed by atoms with Crippen molar-refractivity contribution in [2.75, 3.05) is 6.26 Å². The number of hydrogen-bond acceptors (Lipinski definition) is 5. The van der Waals surface area contributed by atoms with Crippen molar-refractivity contribution in [3.63, 3.8) is 0 Å². The number of carboxylic acids is 1. The van der Waals surface area contributed by atoms with E-state index in [9.17, 15) is 23.1 Å². The average Bonchev–Trinajstić information content (AvgIpc) is 2.69. The number of carboxylic acid groups (broad SMARTS) is 1. The molecule has 0 aliphatic rings. The Hall–Kier alpha value is -0.940. The summed E-state index contributed by atoms with van der Waals surface area (Å²) in [6.45, 7) is 1.21. The zero-order valence-corrected chi connectivity index (χ0v) is 15.7. The highest BCUT2D eigenvalue weighted by Crippen LogP contribution is 2.25. The van der Waals surface area contributed by atoms with Crippen molar-refractivity contribution < 1.29 is 18.3 Å². The predicted molar refractivity (Wildman–Crippen MR) is 94.3 cm³/mol. The summed E-state index contributed by atoms with van der Waals surface area (Å²) in [6, 6.07) is 5.50. The van der Waals surface area contributed by atoms with Crippen molar-refractivity contribution in [2.24, 2.45) is 0 Å². The zero-order chi connectivity index (χ0) is 16.7. The number of halogens is 1. The van der Waals surface area contributed by atoms with Crippen molar-refractivity contribution in [3.05, 3.63) is 31.4 Å². The Balaban J connectivity index is 2.42. The normalized spacial score (nSPS) is 14.9. The highest BCUT2D eigenvalue weighted by atomic mass is 127. The van der Waals surface area contributed by atoms with Crippen molar-refractivity contribution in [3.8, 4) is 0 Å². The second-order valence-corrected chi connectivity index (χ2v) is 9.87. The van der Waals surface area contributed by atoms with Crippen LogP contribution in [0.2, 0.25) is 0 Å². The molecule has 0 saturated heterocycles. The molecule has 22 heavy (non-hydrogen) atoms. The van der Waals surface area contributed by atoms with Crippen molar-refractivity contribution >= 4 is 60.0 Å². The summed E-state index contributed by atoms with van der Waals surface area (Å²) in [7, 11) is -3.80. The zero-order valence-electron chi connectivity index (χ0n) is 11.9. The Morgan fingerprint density at radius 3 is 2.64 bits per heavy atom. The van der Waals surface area contributed by atoms with Crippen molar-refractivity contribution in [1.29, 1.82) is 0 Å². The largest absolute Gasteiger partial charge is 0.480 e. The lowest BCUT2D eigenvalue weighted by atomic mass is 10.1. The number of carbonyl (C=O) groups is 1. The number of rotatable bonds is 5. The molecule has 6 nitrogen and oxygen atoms in total. The minimum Gasteiger partial charge on any atom is -0.480 e. The topological polar surface area (TPSA) is 93.4 Å². The van der Waals surface area contributed by atoms with Gasteiger partial charge in [-0.3, -0.25) is 14.2 Å². The first kappa shape index (κ1) is 17.4. The maximum atomic E-state index is 12.1. The maximum Gasteiger partial charge on any atom is 0.324 e. The van der Waals surface area contributed by atoms with Gasteiger partial charge in [0.15, 0.2) is 14.6 Å². The number of aryl methyl sites for hydroxylation is 1. The van der Waals surface area contributed by atoms with E-state index < -0.39 is 20.6 Å². The highest BCUT2D eigenvalue weighted by Gasteiger charge is 2.43. The molecule has 1 aromatic carbocycles. The molecule has 0 aliphatic heterocycles. The van der Waals surface area contributed by atoms with Gasteiger partial charge in [0.05, 0.1) is 10.2 Å². The van der Waals surface area contributed by atoms with E-state index in [2.05, 4.69) is 22.6 Å². The van der Waals surface area contributed by atoms with E-state index in [0.29, 0.717) is 5.52 Å². The van der Waals surface area contributed by atoms with Crippen LogP contribution in [0.3, 0.4) is 0 Å². The number of benzene rings is 1. The Morgan fingerprint density at radius 2 is 2.09 bits per heavy atom. The average molecular weight is 455 g/mol. The number of sulfone groups is 1. The van der Waals surface area contributed by atoms with Crippen molar-refractivity contribution in [2.45, 2.75) is 24.6 Å². The molecule has 0 radical (unpaired) electrons. The van der Waals surface area contributed by atoms with E-state index in [1.54, 1.807) is 6.07 Å². The predicted octanol–water partition coefficient (Wildman–Crippen LogP) is 1.95. The van der Waals surface area contributed by atoms with Gasteiger partial charge in [-0.1, -0.05) is 11.3 Å². The number of aromatic nitrogens is 1. The Bertz CT molecular complexity index is 899. The Morgan fingerprint density at radius 1 is 1.45 bits per heavy atom. The van der Waals surface area contributed by atoms with E-state index in [1.165, 1.54) is 11.5 Å². The van der Waals surface area contributed by atoms with Gasteiger partial charge in [-0.15, -0.1) is 0 Å². The van der Waals surface area contributed by atoms with Gasteiger partial charge in [0, 0.05) is 16.4 Å². The van der Waals surface area contributed by atoms with Gasteiger partial charge in [-0.25, -0.2) is 8.42 Å². The summed E-state index contributed by atoms with van der Waals surface area (Å²) in [5.74, 6) is -1.41. The van der Waals surface area contributed by atoms with Crippen LogP contribution < -0.4 is 4.87 Å².